The quantitative estimate of drug-likeness (QED) is 0.794. The monoisotopic (exact) mass is 405 g/mol. The highest BCUT2D eigenvalue weighted by Gasteiger charge is 2.44. The van der Waals surface area contributed by atoms with E-state index in [0.717, 1.165) is 55.3 Å². The molecule has 2 aliphatic rings. The standard InChI is InChI=1S/C25H31N3O2/c1-2-27-24(30)25(13-4-16-28(18-25)23(29)22-5-3-6-22)17-19-7-9-20(10-8-19)21-11-14-26-15-12-21/h7-12,14-15,22H,2-6,13,16-18H2,1H3,(H,27,30). The van der Waals surface area contributed by atoms with E-state index in [1.54, 1.807) is 12.4 Å². The van der Waals surface area contributed by atoms with Crippen molar-refractivity contribution in [2.24, 2.45) is 11.3 Å². The summed E-state index contributed by atoms with van der Waals surface area (Å²) in [7, 11) is 0. The van der Waals surface area contributed by atoms with Crippen LogP contribution in [0, 0.1) is 11.3 Å². The molecule has 1 saturated carbocycles. The van der Waals surface area contributed by atoms with E-state index in [1.807, 2.05) is 24.0 Å². The molecule has 5 nitrogen and oxygen atoms in total. The Kier molecular flexibility index (Phi) is 6.16. The number of amides is 2. The third-order valence-electron chi connectivity index (χ3n) is 6.67. The predicted molar refractivity (Wildman–Crippen MR) is 118 cm³/mol. The maximum absolute atomic E-state index is 13.2. The van der Waals surface area contributed by atoms with Gasteiger partial charge in [-0.2, -0.15) is 0 Å². The zero-order chi connectivity index (χ0) is 21.0. The summed E-state index contributed by atoms with van der Waals surface area (Å²) in [6.07, 6.45) is 9.09. The molecule has 0 bridgehead atoms. The van der Waals surface area contributed by atoms with Crippen LogP contribution in [-0.2, 0) is 16.0 Å². The molecule has 158 valence electrons. The molecule has 1 aromatic carbocycles. The van der Waals surface area contributed by atoms with E-state index in [0.29, 0.717) is 19.5 Å². The molecule has 1 unspecified atom stereocenters. The number of pyridine rings is 1. The largest absolute Gasteiger partial charge is 0.356 e. The first-order chi connectivity index (χ1) is 14.6. The van der Waals surface area contributed by atoms with E-state index >= 15 is 0 Å². The third kappa shape index (κ3) is 4.25. The third-order valence-corrected chi connectivity index (χ3v) is 6.67. The Labute approximate surface area is 178 Å². The second-order valence-electron chi connectivity index (χ2n) is 8.74. The molecule has 1 saturated heterocycles. The molecule has 2 aromatic rings. The van der Waals surface area contributed by atoms with Crippen LogP contribution in [0.25, 0.3) is 11.1 Å². The second-order valence-corrected chi connectivity index (χ2v) is 8.74. The van der Waals surface area contributed by atoms with Crippen molar-refractivity contribution in [2.45, 2.75) is 45.4 Å². The Morgan fingerprint density at radius 3 is 2.40 bits per heavy atom. The second kappa shape index (κ2) is 8.99. The Balaban J connectivity index is 1.54. The Morgan fingerprint density at radius 1 is 1.07 bits per heavy atom. The summed E-state index contributed by atoms with van der Waals surface area (Å²) in [5, 5.41) is 3.05. The van der Waals surface area contributed by atoms with Crippen LogP contribution >= 0.6 is 0 Å². The Morgan fingerprint density at radius 2 is 1.77 bits per heavy atom. The first-order valence-electron chi connectivity index (χ1n) is 11.2. The van der Waals surface area contributed by atoms with Crippen LogP contribution < -0.4 is 5.32 Å². The van der Waals surface area contributed by atoms with Gasteiger partial charge < -0.3 is 10.2 Å². The van der Waals surface area contributed by atoms with Crippen molar-refractivity contribution in [1.29, 1.82) is 0 Å². The molecule has 30 heavy (non-hydrogen) atoms. The SMILES string of the molecule is CCNC(=O)C1(Cc2ccc(-c3ccncc3)cc2)CCCN(C(=O)C2CCC2)C1. The lowest BCUT2D eigenvalue weighted by molar-refractivity contribution is -0.146. The molecule has 1 aromatic heterocycles. The lowest BCUT2D eigenvalue weighted by Crippen LogP contribution is -2.55. The highest BCUT2D eigenvalue weighted by molar-refractivity contribution is 5.85. The lowest BCUT2D eigenvalue weighted by atomic mass is 9.73. The van der Waals surface area contributed by atoms with Gasteiger partial charge in [-0.1, -0.05) is 30.7 Å². The molecule has 1 aliphatic heterocycles. The zero-order valence-electron chi connectivity index (χ0n) is 17.8. The van der Waals surface area contributed by atoms with Crippen LogP contribution in [0.4, 0.5) is 0 Å². The van der Waals surface area contributed by atoms with E-state index in [1.165, 1.54) is 0 Å². The normalized spacial score (nSPS) is 21.7. The number of piperidine rings is 1. The number of benzene rings is 1. The summed E-state index contributed by atoms with van der Waals surface area (Å²) in [5.74, 6) is 0.506. The van der Waals surface area contributed by atoms with Crippen LogP contribution in [0.5, 0.6) is 0 Å². The number of hydrogen-bond acceptors (Lipinski definition) is 3. The number of hydrogen-bond donors (Lipinski definition) is 1. The van der Waals surface area contributed by atoms with Crippen LogP contribution in [0.15, 0.2) is 48.8 Å². The molecule has 0 spiro atoms. The number of nitrogens with zero attached hydrogens (tertiary/aromatic N) is 2. The molecule has 2 amide bonds. The Bertz CT molecular complexity index is 877. The number of nitrogens with one attached hydrogen (secondary N) is 1. The molecule has 2 fully saturated rings. The average Bonchev–Trinajstić information content (AvgIpc) is 2.74. The molecular weight excluding hydrogens is 374 g/mol. The molecule has 5 heteroatoms. The van der Waals surface area contributed by atoms with E-state index in [-0.39, 0.29) is 17.7 Å². The van der Waals surface area contributed by atoms with Crippen LogP contribution in [0.3, 0.4) is 0 Å². The minimum absolute atomic E-state index is 0.0781. The van der Waals surface area contributed by atoms with Crippen molar-refractivity contribution in [1.82, 2.24) is 15.2 Å². The van der Waals surface area contributed by atoms with Crippen molar-refractivity contribution in [3.05, 3.63) is 54.4 Å². The fraction of sp³-hybridized carbons (Fsp3) is 0.480. The van der Waals surface area contributed by atoms with Gasteiger partial charge >= 0.3 is 0 Å². The summed E-state index contributed by atoms with van der Waals surface area (Å²) in [5.41, 5.74) is 2.85. The van der Waals surface area contributed by atoms with Crippen LogP contribution in [-0.4, -0.2) is 41.3 Å². The molecule has 1 atom stereocenters. The maximum Gasteiger partial charge on any atom is 0.228 e. The fourth-order valence-corrected chi connectivity index (χ4v) is 4.74. The highest BCUT2D eigenvalue weighted by Crippen LogP contribution is 2.37. The minimum atomic E-state index is -0.550. The molecular formula is C25H31N3O2. The molecule has 4 rings (SSSR count). The van der Waals surface area contributed by atoms with Gasteiger partial charge in [-0.25, -0.2) is 0 Å². The van der Waals surface area contributed by atoms with E-state index < -0.39 is 5.41 Å². The van der Waals surface area contributed by atoms with Gasteiger partial charge in [-0.3, -0.25) is 14.6 Å². The van der Waals surface area contributed by atoms with Gasteiger partial charge in [0.05, 0.1) is 5.41 Å². The van der Waals surface area contributed by atoms with E-state index in [4.69, 9.17) is 0 Å². The molecule has 2 heterocycles. The van der Waals surface area contributed by atoms with Gasteiger partial charge in [-0.05, 0) is 67.9 Å². The first kappa shape index (κ1) is 20.6. The van der Waals surface area contributed by atoms with Gasteiger partial charge in [0.1, 0.15) is 0 Å². The first-order valence-corrected chi connectivity index (χ1v) is 11.2. The minimum Gasteiger partial charge on any atom is -0.356 e. The van der Waals surface area contributed by atoms with Gasteiger partial charge in [0.2, 0.25) is 11.8 Å². The molecule has 0 radical (unpaired) electrons. The van der Waals surface area contributed by atoms with Crippen LogP contribution in [0.1, 0.15) is 44.6 Å². The Hall–Kier alpha value is -2.69. The number of rotatable bonds is 6. The van der Waals surface area contributed by atoms with Gasteiger partial charge in [0.25, 0.3) is 0 Å². The van der Waals surface area contributed by atoms with E-state index in [9.17, 15) is 9.59 Å². The average molecular weight is 406 g/mol. The van der Waals surface area contributed by atoms with Crippen molar-refractivity contribution in [2.75, 3.05) is 19.6 Å². The van der Waals surface area contributed by atoms with Crippen molar-refractivity contribution < 1.29 is 9.59 Å². The molecule has 1 aliphatic carbocycles. The topological polar surface area (TPSA) is 62.3 Å². The summed E-state index contributed by atoms with van der Waals surface area (Å²) < 4.78 is 0. The zero-order valence-corrected chi connectivity index (χ0v) is 17.8. The number of likely N-dealkylation sites (tertiary alicyclic amines) is 1. The number of carbonyl (C=O) groups excluding carboxylic acids is 2. The highest BCUT2D eigenvalue weighted by atomic mass is 16.2. The van der Waals surface area contributed by atoms with Crippen molar-refractivity contribution in [3.63, 3.8) is 0 Å². The van der Waals surface area contributed by atoms with Gasteiger partial charge in [-0.15, -0.1) is 0 Å². The van der Waals surface area contributed by atoms with Crippen LogP contribution in [0.2, 0.25) is 0 Å². The summed E-state index contributed by atoms with van der Waals surface area (Å²) >= 11 is 0. The van der Waals surface area contributed by atoms with Gasteiger partial charge in [0, 0.05) is 37.9 Å². The molecule has 1 N–H and O–H groups in total. The van der Waals surface area contributed by atoms with Crippen molar-refractivity contribution in [3.8, 4) is 11.1 Å². The van der Waals surface area contributed by atoms with E-state index in [2.05, 4.69) is 34.6 Å². The summed E-state index contributed by atoms with van der Waals surface area (Å²) in [6.45, 7) is 3.87. The maximum atomic E-state index is 13.2. The number of aromatic nitrogens is 1. The fourth-order valence-electron chi connectivity index (χ4n) is 4.74. The summed E-state index contributed by atoms with van der Waals surface area (Å²) in [4.78, 5) is 32.1. The van der Waals surface area contributed by atoms with Crippen molar-refractivity contribution >= 4 is 11.8 Å². The summed E-state index contributed by atoms with van der Waals surface area (Å²) in [6, 6.07) is 12.4. The smallest absolute Gasteiger partial charge is 0.228 e. The van der Waals surface area contributed by atoms with Gasteiger partial charge in [0.15, 0.2) is 0 Å². The number of carbonyl (C=O) groups is 2. The lowest BCUT2D eigenvalue weighted by Gasteiger charge is -2.43. The predicted octanol–water partition coefficient (Wildman–Crippen LogP) is 3.84.